The molecule has 2 aromatic rings. The maximum absolute atomic E-state index is 11.6. The third-order valence-corrected chi connectivity index (χ3v) is 3.63. The summed E-state index contributed by atoms with van der Waals surface area (Å²) in [5, 5.41) is 9.56. The molecule has 1 aliphatic heterocycles. The summed E-state index contributed by atoms with van der Waals surface area (Å²) in [6.07, 6.45) is 4.03. The van der Waals surface area contributed by atoms with E-state index in [2.05, 4.69) is 9.97 Å². The molecule has 0 aliphatic carbocycles. The summed E-state index contributed by atoms with van der Waals surface area (Å²) in [6.45, 7) is 1.24. The Kier molecular flexibility index (Phi) is 3.43. The number of hydrogen-bond donors (Lipinski definition) is 1. The monoisotopic (exact) mass is 269 g/mol. The molecule has 0 saturated heterocycles. The Morgan fingerprint density at radius 2 is 2.20 bits per heavy atom. The van der Waals surface area contributed by atoms with Crippen LogP contribution < -0.4 is 0 Å². The average molecular weight is 269 g/mol. The molecule has 1 aromatic heterocycles. The minimum Gasteiger partial charge on any atom is -0.480 e. The zero-order valence-corrected chi connectivity index (χ0v) is 10.9. The molecule has 2 heterocycles. The van der Waals surface area contributed by atoms with Crippen molar-refractivity contribution in [3.05, 3.63) is 59.7 Å². The second-order valence-electron chi connectivity index (χ2n) is 4.86. The van der Waals surface area contributed by atoms with Gasteiger partial charge in [0.25, 0.3) is 0 Å². The van der Waals surface area contributed by atoms with Gasteiger partial charge in [-0.15, -0.1) is 0 Å². The van der Waals surface area contributed by atoms with Crippen LogP contribution in [-0.4, -0.2) is 32.5 Å². The molecule has 0 radical (unpaired) electrons. The molecular formula is C15H15N3O2. The minimum absolute atomic E-state index is 0.522. The number of fused-ring (bicyclic) bond motifs is 1. The van der Waals surface area contributed by atoms with Crippen molar-refractivity contribution < 1.29 is 9.90 Å². The second kappa shape index (κ2) is 5.38. The molecule has 102 valence electrons. The van der Waals surface area contributed by atoms with Crippen LogP contribution in [0.5, 0.6) is 0 Å². The number of aromatic nitrogens is 2. The molecule has 0 saturated carbocycles. The maximum atomic E-state index is 11.6. The predicted octanol–water partition coefficient (Wildman–Crippen LogP) is 1.66. The van der Waals surface area contributed by atoms with Crippen LogP contribution in [-0.2, 0) is 17.8 Å². The maximum Gasteiger partial charge on any atom is 0.325 e. The zero-order chi connectivity index (χ0) is 13.9. The number of nitrogens with zero attached hydrogens (tertiary/aromatic N) is 3. The van der Waals surface area contributed by atoms with E-state index >= 15 is 0 Å². The Hall–Kier alpha value is -2.27. The van der Waals surface area contributed by atoms with Gasteiger partial charge < -0.3 is 5.11 Å². The highest BCUT2D eigenvalue weighted by Gasteiger charge is 2.32. The van der Waals surface area contributed by atoms with Crippen molar-refractivity contribution in [1.29, 1.82) is 0 Å². The molecule has 1 N–H and O–H groups in total. The lowest BCUT2D eigenvalue weighted by atomic mass is 9.92. The van der Waals surface area contributed by atoms with Crippen molar-refractivity contribution in [3.63, 3.8) is 0 Å². The number of rotatable bonds is 3. The van der Waals surface area contributed by atoms with Gasteiger partial charge in [-0.1, -0.05) is 24.3 Å². The second-order valence-corrected chi connectivity index (χ2v) is 4.86. The third-order valence-electron chi connectivity index (χ3n) is 3.63. The van der Waals surface area contributed by atoms with Gasteiger partial charge in [-0.3, -0.25) is 9.69 Å². The first kappa shape index (κ1) is 12.7. The van der Waals surface area contributed by atoms with Crippen LogP contribution in [0.4, 0.5) is 0 Å². The fourth-order valence-corrected chi connectivity index (χ4v) is 2.70. The van der Waals surface area contributed by atoms with E-state index < -0.39 is 12.0 Å². The molecule has 0 fully saturated rings. The predicted molar refractivity (Wildman–Crippen MR) is 73.0 cm³/mol. The fraction of sp³-hybridized carbons (Fsp3) is 0.267. The number of carboxylic acids is 1. The van der Waals surface area contributed by atoms with Crippen LogP contribution >= 0.6 is 0 Å². The first-order valence-electron chi connectivity index (χ1n) is 6.55. The van der Waals surface area contributed by atoms with Gasteiger partial charge in [0.05, 0.1) is 5.69 Å². The van der Waals surface area contributed by atoms with E-state index in [1.807, 2.05) is 35.2 Å². The smallest absolute Gasteiger partial charge is 0.325 e. The van der Waals surface area contributed by atoms with E-state index in [9.17, 15) is 9.90 Å². The summed E-state index contributed by atoms with van der Waals surface area (Å²) in [7, 11) is 0. The summed E-state index contributed by atoms with van der Waals surface area (Å²) in [6, 6.07) is 8.98. The zero-order valence-electron chi connectivity index (χ0n) is 10.9. The highest BCUT2D eigenvalue weighted by Crippen LogP contribution is 2.30. The van der Waals surface area contributed by atoms with Crippen LogP contribution in [0.25, 0.3) is 0 Å². The summed E-state index contributed by atoms with van der Waals surface area (Å²) >= 11 is 0. The van der Waals surface area contributed by atoms with Crippen molar-refractivity contribution in [2.75, 3.05) is 6.54 Å². The van der Waals surface area contributed by atoms with Crippen molar-refractivity contribution in [2.45, 2.75) is 19.0 Å². The van der Waals surface area contributed by atoms with E-state index in [1.165, 1.54) is 6.33 Å². The number of carboxylic acid groups (broad SMARTS) is 1. The Morgan fingerprint density at radius 3 is 2.95 bits per heavy atom. The van der Waals surface area contributed by atoms with Crippen LogP contribution in [0, 0.1) is 0 Å². The summed E-state index contributed by atoms with van der Waals surface area (Å²) in [5.41, 5.74) is 2.85. The Morgan fingerprint density at radius 1 is 1.35 bits per heavy atom. The van der Waals surface area contributed by atoms with Crippen LogP contribution in [0.3, 0.4) is 0 Å². The molecule has 5 heteroatoms. The standard InChI is InChI=1S/C15H15N3O2/c19-15(20)14-13-4-2-1-3-11(13)6-8-18(14)9-12-5-7-16-10-17-12/h1-5,7,10,14H,6,8-9H2,(H,19,20). The van der Waals surface area contributed by atoms with E-state index in [-0.39, 0.29) is 0 Å². The molecule has 1 atom stereocenters. The Bertz CT molecular complexity index is 616. The molecule has 0 amide bonds. The highest BCUT2D eigenvalue weighted by molar-refractivity contribution is 5.76. The van der Waals surface area contributed by atoms with Crippen LogP contribution in [0.2, 0.25) is 0 Å². The lowest BCUT2D eigenvalue weighted by molar-refractivity contribution is -0.144. The fourth-order valence-electron chi connectivity index (χ4n) is 2.70. The molecule has 1 unspecified atom stereocenters. The molecule has 5 nitrogen and oxygen atoms in total. The highest BCUT2D eigenvalue weighted by atomic mass is 16.4. The largest absolute Gasteiger partial charge is 0.480 e. The molecule has 1 aromatic carbocycles. The van der Waals surface area contributed by atoms with E-state index in [0.29, 0.717) is 6.54 Å². The SMILES string of the molecule is O=C(O)C1c2ccccc2CCN1Cc1ccncn1. The Labute approximate surface area is 116 Å². The third kappa shape index (κ3) is 2.40. The van der Waals surface area contributed by atoms with Crippen molar-refractivity contribution >= 4 is 5.97 Å². The lowest BCUT2D eigenvalue weighted by Gasteiger charge is -2.34. The lowest BCUT2D eigenvalue weighted by Crippen LogP contribution is -2.39. The molecule has 20 heavy (non-hydrogen) atoms. The van der Waals surface area contributed by atoms with Crippen LogP contribution in [0.1, 0.15) is 22.9 Å². The van der Waals surface area contributed by atoms with Gasteiger partial charge in [0, 0.05) is 19.3 Å². The summed E-state index contributed by atoms with van der Waals surface area (Å²) in [4.78, 5) is 21.7. The van der Waals surface area contributed by atoms with Gasteiger partial charge in [-0.05, 0) is 23.6 Å². The van der Waals surface area contributed by atoms with Gasteiger partial charge in [0.15, 0.2) is 0 Å². The number of hydrogen-bond acceptors (Lipinski definition) is 4. The number of aliphatic carboxylic acids is 1. The molecular weight excluding hydrogens is 254 g/mol. The molecule has 0 spiro atoms. The first-order valence-corrected chi connectivity index (χ1v) is 6.55. The van der Waals surface area contributed by atoms with Crippen molar-refractivity contribution in [3.8, 4) is 0 Å². The van der Waals surface area contributed by atoms with Crippen molar-refractivity contribution in [2.24, 2.45) is 0 Å². The van der Waals surface area contributed by atoms with Gasteiger partial charge >= 0.3 is 5.97 Å². The topological polar surface area (TPSA) is 66.3 Å². The van der Waals surface area contributed by atoms with E-state index in [1.54, 1.807) is 6.20 Å². The summed E-state index contributed by atoms with van der Waals surface area (Å²) < 4.78 is 0. The van der Waals surface area contributed by atoms with E-state index in [4.69, 9.17) is 0 Å². The molecule has 1 aliphatic rings. The number of benzene rings is 1. The summed E-state index contributed by atoms with van der Waals surface area (Å²) in [5.74, 6) is -0.814. The number of carbonyl (C=O) groups is 1. The molecule has 0 bridgehead atoms. The average Bonchev–Trinajstić information content (AvgIpc) is 2.47. The van der Waals surface area contributed by atoms with Gasteiger partial charge in [0.2, 0.25) is 0 Å². The van der Waals surface area contributed by atoms with Gasteiger partial charge in [-0.25, -0.2) is 9.97 Å². The first-order chi connectivity index (χ1) is 9.75. The normalized spacial score (nSPS) is 18.5. The molecule has 3 rings (SSSR count). The minimum atomic E-state index is -0.814. The van der Waals surface area contributed by atoms with Crippen LogP contribution in [0.15, 0.2) is 42.9 Å². The van der Waals surface area contributed by atoms with Crippen molar-refractivity contribution in [1.82, 2.24) is 14.9 Å². The Balaban J connectivity index is 1.91. The van der Waals surface area contributed by atoms with Gasteiger partial charge in [0.1, 0.15) is 12.4 Å². The van der Waals surface area contributed by atoms with E-state index in [0.717, 1.165) is 29.8 Å². The van der Waals surface area contributed by atoms with Gasteiger partial charge in [-0.2, -0.15) is 0 Å². The quantitative estimate of drug-likeness (QED) is 0.918.